The summed E-state index contributed by atoms with van der Waals surface area (Å²) < 4.78 is 7.62. The molecule has 3 N–H and O–H groups in total. The molecule has 2 heterocycles. The molecule has 0 aliphatic heterocycles. The summed E-state index contributed by atoms with van der Waals surface area (Å²) in [6, 6.07) is 3.57. The Morgan fingerprint density at radius 3 is 2.72 bits per heavy atom. The Morgan fingerprint density at radius 1 is 1.40 bits per heavy atom. The second-order valence-electron chi connectivity index (χ2n) is 6.02. The van der Waals surface area contributed by atoms with Crippen molar-refractivity contribution in [1.82, 2.24) is 14.9 Å². The molecule has 1 fully saturated rings. The Balaban J connectivity index is 0.00000156. The van der Waals surface area contributed by atoms with E-state index in [2.05, 4.69) is 10.3 Å². The van der Waals surface area contributed by atoms with Gasteiger partial charge in [-0.15, -0.1) is 24.8 Å². The highest BCUT2D eigenvalue weighted by molar-refractivity contribution is 7.98. The molecule has 0 radical (unpaired) electrons. The Morgan fingerprint density at radius 2 is 2.12 bits per heavy atom. The van der Waals surface area contributed by atoms with Crippen molar-refractivity contribution in [2.24, 2.45) is 12.8 Å². The highest BCUT2D eigenvalue weighted by Crippen LogP contribution is 2.29. The van der Waals surface area contributed by atoms with Crippen LogP contribution in [0.4, 0.5) is 0 Å². The van der Waals surface area contributed by atoms with Crippen LogP contribution in [0.2, 0.25) is 0 Å². The van der Waals surface area contributed by atoms with E-state index >= 15 is 0 Å². The summed E-state index contributed by atoms with van der Waals surface area (Å²) in [5.74, 6) is 1.57. The number of aromatic nitrogens is 2. The van der Waals surface area contributed by atoms with Crippen LogP contribution in [-0.4, -0.2) is 27.5 Å². The second-order valence-corrected chi connectivity index (χ2v) is 6.96. The molecule has 9 heteroatoms. The fourth-order valence-electron chi connectivity index (χ4n) is 2.94. The highest BCUT2D eigenvalue weighted by atomic mass is 35.5. The SMILES string of the molecule is Cl.Cl.Cn1ccnc1SCc1ccc(C(=O)NC2(CN)CCCC2)o1. The average Bonchev–Trinajstić information content (AvgIpc) is 3.26. The first-order valence-corrected chi connectivity index (χ1v) is 8.82. The highest BCUT2D eigenvalue weighted by Gasteiger charge is 2.34. The lowest BCUT2D eigenvalue weighted by Crippen LogP contribution is -2.51. The lowest BCUT2D eigenvalue weighted by atomic mass is 9.98. The number of amides is 1. The summed E-state index contributed by atoms with van der Waals surface area (Å²) in [6.45, 7) is 0.474. The van der Waals surface area contributed by atoms with Gasteiger partial charge in [0.2, 0.25) is 0 Å². The molecule has 0 saturated heterocycles. The van der Waals surface area contributed by atoms with Crippen LogP contribution >= 0.6 is 36.6 Å². The van der Waals surface area contributed by atoms with Crippen molar-refractivity contribution >= 4 is 42.5 Å². The quantitative estimate of drug-likeness (QED) is 0.719. The van der Waals surface area contributed by atoms with Crippen molar-refractivity contribution in [3.8, 4) is 0 Å². The molecule has 0 aromatic carbocycles. The Kier molecular flexibility index (Phi) is 8.34. The van der Waals surface area contributed by atoms with Gasteiger partial charge in [0.05, 0.1) is 11.3 Å². The average molecular weight is 407 g/mol. The van der Waals surface area contributed by atoms with Gasteiger partial charge in [0.1, 0.15) is 5.76 Å². The molecule has 25 heavy (non-hydrogen) atoms. The third-order valence-electron chi connectivity index (χ3n) is 4.34. The van der Waals surface area contributed by atoms with Crippen LogP contribution in [0.5, 0.6) is 0 Å². The van der Waals surface area contributed by atoms with Crippen molar-refractivity contribution in [2.75, 3.05) is 6.54 Å². The molecule has 0 bridgehead atoms. The lowest BCUT2D eigenvalue weighted by Gasteiger charge is -2.28. The van der Waals surface area contributed by atoms with Crippen LogP contribution in [0.25, 0.3) is 0 Å². The maximum atomic E-state index is 12.4. The third-order valence-corrected chi connectivity index (χ3v) is 5.42. The molecule has 2 aromatic rings. The van der Waals surface area contributed by atoms with Crippen LogP contribution in [-0.2, 0) is 12.8 Å². The number of nitrogens with two attached hydrogens (primary N) is 1. The van der Waals surface area contributed by atoms with Crippen LogP contribution in [0.1, 0.15) is 42.0 Å². The number of furan rings is 1. The van der Waals surface area contributed by atoms with E-state index in [0.717, 1.165) is 36.6 Å². The molecular formula is C16H24Cl2N4O2S. The number of nitrogens with one attached hydrogen (secondary N) is 1. The van der Waals surface area contributed by atoms with Gasteiger partial charge >= 0.3 is 0 Å². The van der Waals surface area contributed by atoms with E-state index in [1.165, 1.54) is 0 Å². The van der Waals surface area contributed by atoms with E-state index in [1.807, 2.05) is 23.9 Å². The minimum atomic E-state index is -0.258. The standard InChI is InChI=1S/C16H22N4O2S.2ClH/c1-20-9-8-18-15(20)23-10-12-4-5-13(22-12)14(21)19-16(11-17)6-2-3-7-16;;/h4-5,8-9H,2-3,6-7,10-11,17H2,1H3,(H,19,21);2*1H. The van der Waals surface area contributed by atoms with Gasteiger partial charge in [0.25, 0.3) is 5.91 Å². The van der Waals surface area contributed by atoms with Crippen LogP contribution in [0.3, 0.4) is 0 Å². The summed E-state index contributed by atoms with van der Waals surface area (Å²) in [5, 5.41) is 3.99. The summed E-state index contributed by atoms with van der Waals surface area (Å²) in [4.78, 5) is 16.6. The number of carbonyl (C=O) groups is 1. The van der Waals surface area contributed by atoms with E-state index in [4.69, 9.17) is 10.2 Å². The monoisotopic (exact) mass is 406 g/mol. The number of hydrogen-bond acceptors (Lipinski definition) is 5. The molecule has 0 unspecified atom stereocenters. The summed E-state index contributed by atoms with van der Waals surface area (Å²) in [6.07, 6.45) is 7.77. The largest absolute Gasteiger partial charge is 0.455 e. The van der Waals surface area contributed by atoms with Crippen molar-refractivity contribution in [3.63, 3.8) is 0 Å². The predicted octanol–water partition coefficient (Wildman–Crippen LogP) is 3.15. The summed E-state index contributed by atoms with van der Waals surface area (Å²) >= 11 is 1.57. The molecule has 1 amide bonds. The minimum Gasteiger partial charge on any atom is -0.455 e. The Hall–Kier alpha value is -1.15. The minimum absolute atomic E-state index is 0. The van der Waals surface area contributed by atoms with Crippen molar-refractivity contribution < 1.29 is 9.21 Å². The summed E-state index contributed by atoms with van der Waals surface area (Å²) in [7, 11) is 1.95. The molecule has 0 spiro atoms. The molecule has 140 valence electrons. The van der Waals surface area contributed by atoms with Crippen molar-refractivity contribution in [1.29, 1.82) is 0 Å². The number of carbonyl (C=O) groups excluding carboxylic acids is 1. The molecule has 6 nitrogen and oxygen atoms in total. The zero-order valence-electron chi connectivity index (χ0n) is 14.1. The molecule has 0 atom stereocenters. The first-order valence-electron chi connectivity index (χ1n) is 7.83. The lowest BCUT2D eigenvalue weighted by molar-refractivity contribution is 0.0873. The van der Waals surface area contributed by atoms with E-state index in [9.17, 15) is 4.79 Å². The van der Waals surface area contributed by atoms with E-state index in [1.54, 1.807) is 24.0 Å². The maximum absolute atomic E-state index is 12.4. The van der Waals surface area contributed by atoms with E-state index < -0.39 is 0 Å². The fraction of sp³-hybridized carbons (Fsp3) is 0.500. The number of nitrogens with zero attached hydrogens (tertiary/aromatic N) is 2. The summed E-state index contributed by atoms with van der Waals surface area (Å²) in [5.41, 5.74) is 5.60. The van der Waals surface area contributed by atoms with Gasteiger partial charge in [-0.1, -0.05) is 24.6 Å². The van der Waals surface area contributed by atoms with Crippen LogP contribution in [0, 0.1) is 0 Å². The van der Waals surface area contributed by atoms with Crippen LogP contribution < -0.4 is 11.1 Å². The van der Waals surface area contributed by atoms with Crippen molar-refractivity contribution in [3.05, 3.63) is 36.0 Å². The van der Waals surface area contributed by atoms with Gasteiger partial charge < -0.3 is 20.0 Å². The second kappa shape index (κ2) is 9.52. The molecule has 1 saturated carbocycles. The first-order chi connectivity index (χ1) is 11.1. The Labute approximate surface area is 164 Å². The van der Waals surface area contributed by atoms with E-state index in [-0.39, 0.29) is 36.3 Å². The zero-order valence-corrected chi connectivity index (χ0v) is 16.5. The van der Waals surface area contributed by atoms with Gasteiger partial charge in [0, 0.05) is 26.0 Å². The maximum Gasteiger partial charge on any atom is 0.287 e. The van der Waals surface area contributed by atoms with Gasteiger partial charge in [-0.2, -0.15) is 0 Å². The van der Waals surface area contributed by atoms with Gasteiger partial charge in [0.15, 0.2) is 10.9 Å². The van der Waals surface area contributed by atoms with E-state index in [0.29, 0.717) is 18.1 Å². The van der Waals surface area contributed by atoms with Crippen molar-refractivity contribution in [2.45, 2.75) is 42.1 Å². The number of thioether (sulfide) groups is 1. The molecule has 3 rings (SSSR count). The molecule has 1 aliphatic carbocycles. The number of imidazole rings is 1. The zero-order chi connectivity index (χ0) is 16.3. The number of aryl methyl sites for hydroxylation is 1. The van der Waals surface area contributed by atoms with Crippen LogP contribution in [0.15, 0.2) is 34.1 Å². The van der Waals surface area contributed by atoms with Gasteiger partial charge in [-0.3, -0.25) is 4.79 Å². The third kappa shape index (κ3) is 5.17. The molecule has 2 aromatic heterocycles. The first kappa shape index (κ1) is 21.9. The number of halogens is 2. The van der Waals surface area contributed by atoms with Gasteiger partial charge in [-0.25, -0.2) is 4.98 Å². The fourth-order valence-corrected chi connectivity index (χ4v) is 3.76. The number of hydrogen-bond donors (Lipinski definition) is 2. The number of rotatable bonds is 6. The van der Waals surface area contributed by atoms with Gasteiger partial charge in [-0.05, 0) is 25.0 Å². The predicted molar refractivity (Wildman–Crippen MR) is 104 cm³/mol. The molecule has 1 aliphatic rings. The molecular weight excluding hydrogens is 383 g/mol. The topological polar surface area (TPSA) is 86.1 Å². The Bertz CT molecular complexity index is 683. The normalized spacial score (nSPS) is 15.3. The smallest absolute Gasteiger partial charge is 0.287 e.